The van der Waals surface area contributed by atoms with Crippen LogP contribution in [0.2, 0.25) is 0 Å². The molecule has 2 unspecified atom stereocenters. The summed E-state index contributed by atoms with van der Waals surface area (Å²) in [5.41, 5.74) is 2.37. The van der Waals surface area contributed by atoms with E-state index in [0.29, 0.717) is 13.0 Å². The monoisotopic (exact) mass is 281 g/mol. The molecule has 1 aromatic rings. The molecule has 0 saturated heterocycles. The molecule has 20 heavy (non-hydrogen) atoms. The minimum atomic E-state index is -0.921. The van der Waals surface area contributed by atoms with Gasteiger partial charge in [-0.15, -0.1) is 0 Å². The van der Waals surface area contributed by atoms with Crippen molar-refractivity contribution >= 4 is 5.97 Å². The predicted octanol–water partition coefficient (Wildman–Crippen LogP) is 2.60. The van der Waals surface area contributed by atoms with E-state index in [1.165, 1.54) is 5.56 Å². The number of carboxylic acid groups (broad SMARTS) is 1. The van der Waals surface area contributed by atoms with E-state index >= 15 is 0 Å². The Morgan fingerprint density at radius 3 is 2.45 bits per heavy atom. The van der Waals surface area contributed by atoms with Gasteiger partial charge < -0.3 is 10.4 Å². The number of nitrogens with zero attached hydrogens (tertiary/aromatic N) is 2. The Kier molecular flexibility index (Phi) is 5.34. The molecule has 5 heteroatoms. The van der Waals surface area contributed by atoms with E-state index in [0.717, 1.165) is 17.8 Å². The summed E-state index contributed by atoms with van der Waals surface area (Å²) in [6.45, 7) is 12.6. The first-order valence-corrected chi connectivity index (χ1v) is 7.23. The maximum Gasteiger partial charge on any atom is 0.323 e. The van der Waals surface area contributed by atoms with E-state index in [2.05, 4.69) is 10.4 Å². The smallest absolute Gasteiger partial charge is 0.323 e. The second-order valence-corrected chi connectivity index (χ2v) is 5.86. The number of carbonyl (C=O) groups is 1. The number of aromatic nitrogens is 2. The minimum Gasteiger partial charge on any atom is -0.480 e. The summed E-state index contributed by atoms with van der Waals surface area (Å²) in [5.74, 6) is -0.809. The Morgan fingerprint density at radius 1 is 1.45 bits per heavy atom. The highest BCUT2D eigenvalue weighted by atomic mass is 16.4. The van der Waals surface area contributed by atoms with Crippen molar-refractivity contribution in [3.63, 3.8) is 0 Å². The predicted molar refractivity (Wildman–Crippen MR) is 80.1 cm³/mol. The van der Waals surface area contributed by atoms with Crippen LogP contribution in [0, 0.1) is 20.8 Å². The van der Waals surface area contributed by atoms with Gasteiger partial charge in [0, 0.05) is 5.69 Å². The van der Waals surface area contributed by atoms with Gasteiger partial charge in [-0.2, -0.15) is 5.10 Å². The highest BCUT2D eigenvalue weighted by Gasteiger charge is 2.35. The Hall–Kier alpha value is -1.36. The van der Waals surface area contributed by atoms with Crippen LogP contribution in [0.15, 0.2) is 0 Å². The van der Waals surface area contributed by atoms with Crippen LogP contribution in [-0.2, 0) is 4.79 Å². The zero-order valence-corrected chi connectivity index (χ0v) is 13.4. The molecule has 0 spiro atoms. The van der Waals surface area contributed by atoms with E-state index < -0.39 is 11.5 Å². The lowest BCUT2D eigenvalue weighted by molar-refractivity contribution is -0.144. The highest BCUT2D eigenvalue weighted by molar-refractivity contribution is 5.78. The fourth-order valence-corrected chi connectivity index (χ4v) is 2.49. The van der Waals surface area contributed by atoms with Gasteiger partial charge >= 0.3 is 5.97 Å². The molecule has 1 aromatic heterocycles. The number of hydrogen-bond acceptors (Lipinski definition) is 3. The Morgan fingerprint density at radius 2 is 2.05 bits per heavy atom. The Balaban J connectivity index is 2.93. The first kappa shape index (κ1) is 16.7. The quantitative estimate of drug-likeness (QED) is 0.806. The molecule has 1 rings (SSSR count). The zero-order valence-electron chi connectivity index (χ0n) is 13.4. The summed E-state index contributed by atoms with van der Waals surface area (Å²) in [5, 5.41) is 17.2. The lowest BCUT2D eigenvalue weighted by atomic mass is 9.93. The fourth-order valence-electron chi connectivity index (χ4n) is 2.49. The summed E-state index contributed by atoms with van der Waals surface area (Å²) in [6, 6.07) is 0.0351. The van der Waals surface area contributed by atoms with Crippen molar-refractivity contribution in [2.24, 2.45) is 0 Å². The summed E-state index contributed by atoms with van der Waals surface area (Å²) >= 11 is 0. The van der Waals surface area contributed by atoms with Gasteiger partial charge in [0.15, 0.2) is 0 Å². The van der Waals surface area contributed by atoms with Crippen molar-refractivity contribution in [3.05, 3.63) is 17.0 Å². The van der Waals surface area contributed by atoms with E-state index in [4.69, 9.17) is 0 Å². The van der Waals surface area contributed by atoms with Crippen molar-refractivity contribution in [1.82, 2.24) is 15.1 Å². The zero-order chi connectivity index (χ0) is 15.5. The van der Waals surface area contributed by atoms with Crippen LogP contribution < -0.4 is 5.32 Å². The third-order valence-electron chi connectivity index (χ3n) is 4.05. The van der Waals surface area contributed by atoms with Crippen LogP contribution in [0.3, 0.4) is 0 Å². The molecule has 0 aromatic carbocycles. The molecule has 0 aliphatic rings. The molecule has 0 saturated carbocycles. The normalized spacial score (nSPS) is 15.9. The van der Waals surface area contributed by atoms with E-state index in [1.807, 2.05) is 39.3 Å². The van der Waals surface area contributed by atoms with E-state index in [1.54, 1.807) is 6.92 Å². The van der Waals surface area contributed by atoms with Crippen molar-refractivity contribution in [1.29, 1.82) is 0 Å². The highest BCUT2D eigenvalue weighted by Crippen LogP contribution is 2.24. The SMILES string of the molecule is CCCNC(C)(CC(C)n1nc(C)c(C)c1C)C(=O)O. The second kappa shape index (κ2) is 6.39. The number of aryl methyl sites for hydroxylation is 1. The number of hydrogen-bond donors (Lipinski definition) is 2. The summed E-state index contributed by atoms with van der Waals surface area (Å²) < 4.78 is 1.94. The third-order valence-corrected chi connectivity index (χ3v) is 4.05. The lowest BCUT2D eigenvalue weighted by Crippen LogP contribution is -2.51. The molecule has 2 atom stereocenters. The average molecular weight is 281 g/mol. The third kappa shape index (κ3) is 3.39. The molecule has 0 aliphatic carbocycles. The molecule has 1 heterocycles. The molecule has 0 fully saturated rings. The van der Waals surface area contributed by atoms with Gasteiger partial charge in [0.1, 0.15) is 5.54 Å². The van der Waals surface area contributed by atoms with Crippen LogP contribution >= 0.6 is 0 Å². The van der Waals surface area contributed by atoms with Gasteiger partial charge in [0.25, 0.3) is 0 Å². The minimum absolute atomic E-state index is 0.0351. The molecular formula is C15H27N3O2. The van der Waals surface area contributed by atoms with Gasteiger partial charge in [-0.1, -0.05) is 6.92 Å². The molecule has 0 radical (unpaired) electrons. The van der Waals surface area contributed by atoms with E-state index in [9.17, 15) is 9.90 Å². The fraction of sp³-hybridized carbons (Fsp3) is 0.733. The standard InChI is InChI=1S/C15H27N3O2/c1-7-8-16-15(6,14(19)20)9-10(2)18-13(5)11(3)12(4)17-18/h10,16H,7-9H2,1-6H3,(H,19,20). The molecule has 0 amide bonds. The van der Waals surface area contributed by atoms with Gasteiger partial charge in [-0.3, -0.25) is 9.48 Å². The topological polar surface area (TPSA) is 67.2 Å². The Labute approximate surface area is 121 Å². The van der Waals surface area contributed by atoms with Crippen LogP contribution in [0.25, 0.3) is 0 Å². The number of aliphatic carboxylic acids is 1. The number of rotatable bonds is 7. The average Bonchev–Trinajstić information content (AvgIpc) is 2.64. The van der Waals surface area contributed by atoms with Gasteiger partial charge in [0.2, 0.25) is 0 Å². The van der Waals surface area contributed by atoms with Gasteiger partial charge in [0.05, 0.1) is 11.7 Å². The largest absolute Gasteiger partial charge is 0.480 e. The molecular weight excluding hydrogens is 254 g/mol. The molecule has 2 N–H and O–H groups in total. The molecule has 0 aliphatic heterocycles. The number of nitrogens with one attached hydrogen (secondary N) is 1. The summed E-state index contributed by atoms with van der Waals surface area (Å²) in [7, 11) is 0. The second-order valence-electron chi connectivity index (χ2n) is 5.86. The first-order valence-electron chi connectivity index (χ1n) is 7.23. The van der Waals surface area contributed by atoms with Crippen LogP contribution in [0.1, 0.15) is 56.6 Å². The molecule has 114 valence electrons. The van der Waals surface area contributed by atoms with Gasteiger partial charge in [-0.25, -0.2) is 0 Å². The van der Waals surface area contributed by atoms with Crippen LogP contribution in [0.4, 0.5) is 0 Å². The maximum atomic E-state index is 11.6. The van der Waals surface area contributed by atoms with Crippen LogP contribution in [-0.4, -0.2) is 32.9 Å². The first-order chi connectivity index (χ1) is 9.23. The molecule has 5 nitrogen and oxygen atoms in total. The summed E-state index contributed by atoms with van der Waals surface area (Å²) in [6.07, 6.45) is 1.42. The number of carboxylic acids is 1. The van der Waals surface area contributed by atoms with E-state index in [-0.39, 0.29) is 6.04 Å². The van der Waals surface area contributed by atoms with Crippen molar-refractivity contribution in [2.45, 2.75) is 66.0 Å². The van der Waals surface area contributed by atoms with Crippen LogP contribution in [0.5, 0.6) is 0 Å². The van der Waals surface area contributed by atoms with Gasteiger partial charge in [-0.05, 0) is 59.6 Å². The van der Waals surface area contributed by atoms with Crippen molar-refractivity contribution < 1.29 is 9.90 Å². The lowest BCUT2D eigenvalue weighted by Gasteiger charge is -2.29. The van der Waals surface area contributed by atoms with Crippen molar-refractivity contribution in [3.8, 4) is 0 Å². The summed E-state index contributed by atoms with van der Waals surface area (Å²) in [4.78, 5) is 11.6. The Bertz CT molecular complexity index is 482. The maximum absolute atomic E-state index is 11.6. The molecule has 0 bridgehead atoms. The van der Waals surface area contributed by atoms with Crippen molar-refractivity contribution in [2.75, 3.05) is 6.54 Å².